The lowest BCUT2D eigenvalue weighted by atomic mass is 10.2. The van der Waals surface area contributed by atoms with Gasteiger partial charge in [-0.1, -0.05) is 47.6 Å². The number of rotatable bonds is 7. The second-order valence-corrected chi connectivity index (χ2v) is 7.58. The number of hydrogen-bond acceptors (Lipinski definition) is 5. The van der Waals surface area contributed by atoms with Gasteiger partial charge in [0, 0.05) is 29.7 Å². The van der Waals surface area contributed by atoms with Crippen LogP contribution in [0.1, 0.15) is 18.9 Å². The fourth-order valence-corrected chi connectivity index (χ4v) is 3.65. The van der Waals surface area contributed by atoms with E-state index in [0.29, 0.717) is 40.4 Å². The van der Waals surface area contributed by atoms with E-state index in [1.54, 1.807) is 48.5 Å². The Morgan fingerprint density at radius 2 is 1.65 bits per heavy atom. The number of anilines is 1. The predicted octanol–water partition coefficient (Wildman–Crippen LogP) is 5.72. The van der Waals surface area contributed by atoms with E-state index in [2.05, 4.69) is 20.4 Å². The van der Waals surface area contributed by atoms with Crippen LogP contribution in [0.2, 0.25) is 0 Å². The first-order valence-corrected chi connectivity index (χ1v) is 10.6. The molecule has 2 aromatic heterocycles. The normalized spacial score (nSPS) is 11.3. The number of amides is 1. The van der Waals surface area contributed by atoms with E-state index in [4.69, 9.17) is 4.52 Å². The number of fused-ring (bicyclic) bond motifs is 1. The van der Waals surface area contributed by atoms with Gasteiger partial charge < -0.3 is 9.84 Å². The van der Waals surface area contributed by atoms with Crippen LogP contribution in [0.25, 0.3) is 33.8 Å². The lowest BCUT2D eigenvalue weighted by molar-refractivity contribution is -0.116. The maximum absolute atomic E-state index is 13.7. The molecular formula is C25H19F2N5O2. The van der Waals surface area contributed by atoms with Crippen molar-refractivity contribution in [2.75, 3.05) is 5.32 Å². The largest absolute Gasteiger partial charge is 0.339 e. The van der Waals surface area contributed by atoms with Crippen LogP contribution in [0.3, 0.4) is 0 Å². The highest BCUT2D eigenvalue weighted by atomic mass is 19.3. The topological polar surface area (TPSA) is 85.8 Å². The number of nitrogens with one attached hydrogen (secondary N) is 1. The second-order valence-electron chi connectivity index (χ2n) is 7.58. The highest BCUT2D eigenvalue weighted by Gasteiger charge is 2.19. The molecule has 2 heterocycles. The van der Waals surface area contributed by atoms with Crippen LogP contribution in [0.15, 0.2) is 83.4 Å². The van der Waals surface area contributed by atoms with Crippen molar-refractivity contribution >= 4 is 22.6 Å². The fourth-order valence-electron chi connectivity index (χ4n) is 3.65. The lowest BCUT2D eigenvalue weighted by Gasteiger charge is -2.09. The van der Waals surface area contributed by atoms with Crippen molar-refractivity contribution in [1.82, 2.24) is 19.7 Å². The van der Waals surface area contributed by atoms with Crippen LogP contribution in [0.4, 0.5) is 14.5 Å². The number of hydrogen-bond donors (Lipinski definition) is 1. The van der Waals surface area contributed by atoms with Crippen molar-refractivity contribution in [3.63, 3.8) is 0 Å². The third-order valence-electron chi connectivity index (χ3n) is 5.28. The van der Waals surface area contributed by atoms with Gasteiger partial charge in [0.1, 0.15) is 5.82 Å². The average molecular weight is 459 g/mol. The molecule has 1 N–H and O–H groups in total. The number of halogens is 2. The van der Waals surface area contributed by atoms with Gasteiger partial charge in [-0.05, 0) is 36.4 Å². The van der Waals surface area contributed by atoms with Gasteiger partial charge in [-0.2, -0.15) is 13.8 Å². The maximum atomic E-state index is 13.7. The second kappa shape index (κ2) is 9.22. The highest BCUT2D eigenvalue weighted by molar-refractivity contribution is 5.91. The van der Waals surface area contributed by atoms with Crippen LogP contribution in [0.5, 0.6) is 0 Å². The Balaban J connectivity index is 1.24. The fraction of sp³-hybridized carbons (Fsp3) is 0.120. The monoisotopic (exact) mass is 459 g/mol. The third kappa shape index (κ3) is 4.40. The van der Waals surface area contributed by atoms with Crippen molar-refractivity contribution < 1.29 is 18.1 Å². The van der Waals surface area contributed by atoms with Gasteiger partial charge in [-0.25, -0.2) is 4.98 Å². The van der Waals surface area contributed by atoms with Gasteiger partial charge in [0.25, 0.3) is 0 Å². The number of carbonyl (C=O) groups is 1. The van der Waals surface area contributed by atoms with E-state index >= 15 is 0 Å². The zero-order valence-corrected chi connectivity index (χ0v) is 17.9. The van der Waals surface area contributed by atoms with Gasteiger partial charge in [0.15, 0.2) is 0 Å². The SMILES string of the molecule is O=C(CCc1nc(-c2ccccc2)no1)Nc1ccc(-c2nc3ccccc3n2C(F)F)cc1. The summed E-state index contributed by atoms with van der Waals surface area (Å²) in [6, 6.07) is 22.8. The summed E-state index contributed by atoms with van der Waals surface area (Å²) >= 11 is 0. The minimum atomic E-state index is -2.73. The summed E-state index contributed by atoms with van der Waals surface area (Å²) in [6.07, 6.45) is 0.446. The molecule has 5 aromatic rings. The van der Waals surface area contributed by atoms with E-state index in [0.717, 1.165) is 10.1 Å². The minimum Gasteiger partial charge on any atom is -0.339 e. The van der Waals surface area contributed by atoms with Gasteiger partial charge in [-0.3, -0.25) is 9.36 Å². The molecule has 0 saturated carbocycles. The first kappa shape index (κ1) is 21.4. The molecule has 3 aromatic carbocycles. The minimum absolute atomic E-state index is 0.152. The van der Waals surface area contributed by atoms with Crippen LogP contribution < -0.4 is 5.32 Å². The number of benzene rings is 3. The summed E-state index contributed by atoms with van der Waals surface area (Å²) < 4.78 is 33.5. The number of nitrogens with zero attached hydrogens (tertiary/aromatic N) is 4. The van der Waals surface area contributed by atoms with Crippen molar-refractivity contribution in [3.8, 4) is 22.8 Å². The number of para-hydroxylation sites is 2. The predicted molar refractivity (Wildman–Crippen MR) is 123 cm³/mol. The molecule has 9 heteroatoms. The van der Waals surface area contributed by atoms with Crippen molar-refractivity contribution in [1.29, 1.82) is 0 Å². The van der Waals surface area contributed by atoms with Gasteiger partial charge >= 0.3 is 6.55 Å². The van der Waals surface area contributed by atoms with E-state index in [9.17, 15) is 13.6 Å². The van der Waals surface area contributed by atoms with E-state index < -0.39 is 6.55 Å². The molecule has 0 aliphatic heterocycles. The number of imidazole rings is 1. The Bertz CT molecular complexity index is 1430. The summed E-state index contributed by atoms with van der Waals surface area (Å²) in [5.41, 5.74) is 2.76. The Labute approximate surface area is 193 Å². The molecule has 0 spiro atoms. The number of carbonyl (C=O) groups excluding carboxylic acids is 1. The molecule has 0 radical (unpaired) electrons. The number of aromatic nitrogens is 4. The summed E-state index contributed by atoms with van der Waals surface area (Å²) in [4.78, 5) is 21.0. The zero-order valence-electron chi connectivity index (χ0n) is 17.9. The Morgan fingerprint density at radius 3 is 2.41 bits per heavy atom. The van der Waals surface area contributed by atoms with Crippen molar-refractivity contribution in [2.24, 2.45) is 0 Å². The molecule has 170 valence electrons. The third-order valence-corrected chi connectivity index (χ3v) is 5.28. The molecule has 0 saturated heterocycles. The van der Waals surface area contributed by atoms with Crippen molar-refractivity contribution in [3.05, 3.63) is 84.8 Å². The van der Waals surface area contributed by atoms with Crippen LogP contribution in [-0.4, -0.2) is 25.6 Å². The standard InChI is InChI=1S/C25H19F2N5O2/c26-25(27)32-20-9-5-4-8-19(20)29-24(32)17-10-12-18(13-11-17)28-21(33)14-15-22-30-23(31-34-22)16-6-2-1-3-7-16/h1-13,25H,14-15H2,(H,28,33). The molecule has 34 heavy (non-hydrogen) atoms. The summed E-state index contributed by atoms with van der Waals surface area (Å²) in [6.45, 7) is -2.73. The maximum Gasteiger partial charge on any atom is 0.320 e. The van der Waals surface area contributed by atoms with Gasteiger partial charge in [0.2, 0.25) is 17.6 Å². The van der Waals surface area contributed by atoms with Crippen LogP contribution in [-0.2, 0) is 11.2 Å². The van der Waals surface area contributed by atoms with E-state index in [1.807, 2.05) is 30.3 Å². The molecule has 7 nitrogen and oxygen atoms in total. The van der Waals surface area contributed by atoms with Crippen molar-refractivity contribution in [2.45, 2.75) is 19.4 Å². The summed E-state index contributed by atoms with van der Waals surface area (Å²) in [7, 11) is 0. The molecular weight excluding hydrogens is 440 g/mol. The van der Waals surface area contributed by atoms with Crippen LogP contribution >= 0.6 is 0 Å². The molecule has 0 atom stereocenters. The molecule has 1 amide bonds. The summed E-state index contributed by atoms with van der Waals surface area (Å²) in [5, 5.41) is 6.73. The van der Waals surface area contributed by atoms with Gasteiger partial charge in [0.05, 0.1) is 11.0 Å². The number of aryl methyl sites for hydroxylation is 1. The van der Waals surface area contributed by atoms with Gasteiger partial charge in [-0.15, -0.1) is 0 Å². The molecule has 5 rings (SSSR count). The quantitative estimate of drug-likeness (QED) is 0.336. The van der Waals surface area contributed by atoms with E-state index in [1.165, 1.54) is 0 Å². The molecule has 0 bridgehead atoms. The first-order chi connectivity index (χ1) is 16.6. The Morgan fingerprint density at radius 1 is 0.912 bits per heavy atom. The highest BCUT2D eigenvalue weighted by Crippen LogP contribution is 2.30. The van der Waals surface area contributed by atoms with E-state index in [-0.39, 0.29) is 18.2 Å². The molecule has 0 aliphatic carbocycles. The lowest BCUT2D eigenvalue weighted by Crippen LogP contribution is -2.12. The average Bonchev–Trinajstić information content (AvgIpc) is 3.49. The van der Waals surface area contributed by atoms with Crippen LogP contribution in [0, 0.1) is 0 Å². The first-order valence-electron chi connectivity index (χ1n) is 10.6. The number of alkyl halides is 2. The Kier molecular flexibility index (Phi) is 5.82. The molecule has 0 aliphatic rings. The Hall–Kier alpha value is -4.40. The zero-order chi connectivity index (χ0) is 23.5. The molecule has 0 unspecified atom stereocenters. The smallest absolute Gasteiger partial charge is 0.320 e. The molecule has 0 fully saturated rings. The summed E-state index contributed by atoms with van der Waals surface area (Å²) in [5.74, 6) is 0.781.